The molecule has 0 aromatic heterocycles. The zero-order chi connectivity index (χ0) is 15.2. The van der Waals surface area contributed by atoms with Crippen LogP contribution in [-0.4, -0.2) is 7.11 Å². The van der Waals surface area contributed by atoms with Crippen LogP contribution in [0, 0.1) is 22.7 Å². The highest BCUT2D eigenvalue weighted by Crippen LogP contribution is 2.34. The Morgan fingerprint density at radius 3 is 2.38 bits per heavy atom. The summed E-state index contributed by atoms with van der Waals surface area (Å²) in [6.07, 6.45) is 0. The lowest BCUT2D eigenvalue weighted by molar-refractivity contribution is 0.378. The monoisotopic (exact) mass is 298 g/mol. The Hall–Kier alpha value is -2.69. The number of benzene rings is 2. The molecule has 5 heteroatoms. The molecule has 0 heterocycles. The summed E-state index contributed by atoms with van der Waals surface area (Å²) >= 11 is 5.75. The van der Waals surface area contributed by atoms with Crippen molar-refractivity contribution in [2.45, 2.75) is 5.88 Å². The fourth-order valence-corrected chi connectivity index (χ4v) is 1.94. The van der Waals surface area contributed by atoms with Gasteiger partial charge < -0.3 is 9.47 Å². The first-order chi connectivity index (χ1) is 10.2. The Morgan fingerprint density at radius 1 is 1.00 bits per heavy atom. The number of halogens is 1. The van der Waals surface area contributed by atoms with E-state index in [2.05, 4.69) is 6.07 Å². The van der Waals surface area contributed by atoms with Crippen molar-refractivity contribution in [3.05, 3.63) is 53.1 Å². The van der Waals surface area contributed by atoms with E-state index >= 15 is 0 Å². The van der Waals surface area contributed by atoms with Gasteiger partial charge in [-0.25, -0.2) is 0 Å². The molecule has 0 saturated carbocycles. The second kappa shape index (κ2) is 6.65. The van der Waals surface area contributed by atoms with Crippen LogP contribution in [0.25, 0.3) is 0 Å². The van der Waals surface area contributed by atoms with Gasteiger partial charge in [-0.3, -0.25) is 0 Å². The third kappa shape index (κ3) is 3.25. The lowest BCUT2D eigenvalue weighted by Crippen LogP contribution is -1.94. The van der Waals surface area contributed by atoms with Crippen molar-refractivity contribution in [2.24, 2.45) is 0 Å². The Labute approximate surface area is 127 Å². The van der Waals surface area contributed by atoms with Gasteiger partial charge in [0.1, 0.15) is 11.8 Å². The van der Waals surface area contributed by atoms with Crippen LogP contribution in [0.5, 0.6) is 17.2 Å². The molecule has 0 aliphatic rings. The van der Waals surface area contributed by atoms with Crippen molar-refractivity contribution >= 4 is 11.6 Å². The largest absolute Gasteiger partial charge is 0.493 e. The molecule has 0 spiro atoms. The maximum Gasteiger partial charge on any atom is 0.169 e. The van der Waals surface area contributed by atoms with E-state index in [4.69, 9.17) is 26.3 Å². The number of ether oxygens (including phenoxy) is 2. The average Bonchev–Trinajstić information content (AvgIpc) is 2.55. The molecule has 2 aromatic rings. The summed E-state index contributed by atoms with van der Waals surface area (Å²) in [6.45, 7) is 0. The number of nitrogens with zero attached hydrogens (tertiary/aromatic N) is 2. The van der Waals surface area contributed by atoms with Gasteiger partial charge in [0.05, 0.1) is 24.3 Å². The van der Waals surface area contributed by atoms with Crippen LogP contribution in [0.15, 0.2) is 36.4 Å². The van der Waals surface area contributed by atoms with E-state index in [-0.39, 0.29) is 0 Å². The Morgan fingerprint density at radius 2 is 1.76 bits per heavy atom. The minimum atomic E-state index is 0.329. The van der Waals surface area contributed by atoms with Crippen molar-refractivity contribution in [3.63, 3.8) is 0 Å². The number of methoxy groups -OCH3 is 1. The van der Waals surface area contributed by atoms with Gasteiger partial charge in [0.2, 0.25) is 0 Å². The molecule has 0 saturated heterocycles. The van der Waals surface area contributed by atoms with E-state index in [1.54, 1.807) is 36.4 Å². The maximum absolute atomic E-state index is 9.18. The molecule has 4 nitrogen and oxygen atoms in total. The van der Waals surface area contributed by atoms with E-state index in [0.29, 0.717) is 34.3 Å². The van der Waals surface area contributed by atoms with Gasteiger partial charge >= 0.3 is 0 Å². The van der Waals surface area contributed by atoms with Crippen molar-refractivity contribution in [2.75, 3.05) is 7.11 Å². The minimum absolute atomic E-state index is 0.329. The van der Waals surface area contributed by atoms with Crippen molar-refractivity contribution in [1.29, 1.82) is 10.5 Å². The van der Waals surface area contributed by atoms with E-state index in [1.165, 1.54) is 7.11 Å². The molecule has 21 heavy (non-hydrogen) atoms. The third-order valence-corrected chi connectivity index (χ3v) is 3.14. The van der Waals surface area contributed by atoms with Crippen molar-refractivity contribution in [1.82, 2.24) is 0 Å². The number of hydrogen-bond acceptors (Lipinski definition) is 4. The SMILES string of the molecule is COc1cc(C#N)ccc1Oc1ccc(CCl)cc1C#N. The lowest BCUT2D eigenvalue weighted by atomic mass is 10.1. The van der Waals surface area contributed by atoms with Crippen LogP contribution in [0.3, 0.4) is 0 Å². The van der Waals surface area contributed by atoms with Crippen LogP contribution in [-0.2, 0) is 5.88 Å². The first-order valence-corrected chi connectivity index (χ1v) is 6.60. The Balaban J connectivity index is 2.39. The van der Waals surface area contributed by atoms with E-state index in [1.807, 2.05) is 6.07 Å². The van der Waals surface area contributed by atoms with E-state index in [0.717, 1.165) is 5.56 Å². The molecule has 0 bridgehead atoms. The van der Waals surface area contributed by atoms with Gasteiger partial charge in [0.15, 0.2) is 11.5 Å². The molecule has 2 rings (SSSR count). The van der Waals surface area contributed by atoms with E-state index in [9.17, 15) is 5.26 Å². The lowest BCUT2D eigenvalue weighted by Gasteiger charge is -2.12. The fourth-order valence-electron chi connectivity index (χ4n) is 1.78. The molecular weight excluding hydrogens is 288 g/mol. The zero-order valence-electron chi connectivity index (χ0n) is 11.3. The second-order valence-corrected chi connectivity index (χ2v) is 4.42. The van der Waals surface area contributed by atoms with Gasteiger partial charge in [0, 0.05) is 11.9 Å². The molecule has 0 atom stereocenters. The highest BCUT2D eigenvalue weighted by Gasteiger charge is 2.10. The number of hydrogen-bond donors (Lipinski definition) is 0. The molecule has 2 aromatic carbocycles. The highest BCUT2D eigenvalue weighted by atomic mass is 35.5. The van der Waals surface area contributed by atoms with E-state index < -0.39 is 0 Å². The standard InChI is InChI=1S/C16H11ClN2O2/c1-20-16-7-12(9-18)3-5-15(16)21-14-4-2-11(8-17)6-13(14)10-19/h2-7H,8H2,1H3. The first-order valence-electron chi connectivity index (χ1n) is 6.06. The van der Waals surface area contributed by atoms with Gasteiger partial charge in [-0.05, 0) is 29.8 Å². The molecule has 0 aliphatic heterocycles. The number of rotatable bonds is 4. The maximum atomic E-state index is 9.18. The van der Waals surface area contributed by atoms with Crippen LogP contribution < -0.4 is 9.47 Å². The summed E-state index contributed by atoms with van der Waals surface area (Å²) in [6, 6.07) is 14.1. The van der Waals surface area contributed by atoms with Crippen molar-refractivity contribution in [3.8, 4) is 29.4 Å². The summed E-state index contributed by atoms with van der Waals surface area (Å²) in [4.78, 5) is 0. The van der Waals surface area contributed by atoms with Crippen LogP contribution in [0.2, 0.25) is 0 Å². The average molecular weight is 299 g/mol. The molecule has 0 N–H and O–H groups in total. The normalized spacial score (nSPS) is 9.52. The molecule has 0 fully saturated rings. The summed E-state index contributed by atoms with van der Waals surface area (Å²) in [7, 11) is 1.49. The van der Waals surface area contributed by atoms with Gasteiger partial charge in [-0.15, -0.1) is 11.6 Å². The Kier molecular flexibility index (Phi) is 4.66. The van der Waals surface area contributed by atoms with Gasteiger partial charge in [-0.1, -0.05) is 6.07 Å². The third-order valence-electron chi connectivity index (χ3n) is 2.83. The van der Waals surface area contributed by atoms with Crippen molar-refractivity contribution < 1.29 is 9.47 Å². The first kappa shape index (κ1) is 14.7. The summed E-state index contributed by atoms with van der Waals surface area (Å²) < 4.78 is 10.9. The molecule has 0 aliphatic carbocycles. The van der Waals surface area contributed by atoms with Gasteiger partial charge in [-0.2, -0.15) is 10.5 Å². The highest BCUT2D eigenvalue weighted by molar-refractivity contribution is 6.17. The quantitative estimate of drug-likeness (QED) is 0.801. The fraction of sp³-hybridized carbons (Fsp3) is 0.125. The topological polar surface area (TPSA) is 66.0 Å². The van der Waals surface area contributed by atoms with Crippen LogP contribution >= 0.6 is 11.6 Å². The summed E-state index contributed by atoms with van der Waals surface area (Å²) in [5.74, 6) is 1.61. The number of nitriles is 2. The second-order valence-electron chi connectivity index (χ2n) is 4.16. The van der Waals surface area contributed by atoms with Crippen LogP contribution in [0.4, 0.5) is 0 Å². The molecule has 0 amide bonds. The zero-order valence-corrected chi connectivity index (χ0v) is 12.0. The summed E-state index contributed by atoms with van der Waals surface area (Å²) in [5.41, 5.74) is 1.70. The Bertz CT molecular complexity index is 745. The number of alkyl halides is 1. The minimum Gasteiger partial charge on any atom is -0.493 e. The molecule has 0 unspecified atom stereocenters. The predicted octanol–water partition coefficient (Wildman–Crippen LogP) is 3.97. The summed E-state index contributed by atoms with van der Waals surface area (Å²) in [5, 5.41) is 18.1. The molecular formula is C16H11ClN2O2. The molecule has 0 radical (unpaired) electrons. The van der Waals surface area contributed by atoms with Crippen LogP contribution in [0.1, 0.15) is 16.7 Å². The predicted molar refractivity (Wildman–Crippen MR) is 78.5 cm³/mol. The van der Waals surface area contributed by atoms with Gasteiger partial charge in [0.25, 0.3) is 0 Å². The smallest absolute Gasteiger partial charge is 0.169 e. The molecule has 104 valence electrons.